The third-order valence-corrected chi connectivity index (χ3v) is 3.50. The maximum atomic E-state index is 13.3. The minimum atomic E-state index is -0.447. The second kappa shape index (κ2) is 8.02. The molecule has 0 unspecified atom stereocenters. The van der Waals surface area contributed by atoms with Crippen LogP contribution < -0.4 is 10.6 Å². The molecule has 130 valence electrons. The second-order valence-corrected chi connectivity index (χ2v) is 5.46. The van der Waals surface area contributed by atoms with Crippen molar-refractivity contribution < 1.29 is 9.18 Å². The summed E-state index contributed by atoms with van der Waals surface area (Å²) in [6, 6.07) is 16.6. The fourth-order valence-electron chi connectivity index (χ4n) is 2.31. The van der Waals surface area contributed by atoms with Gasteiger partial charge in [0, 0.05) is 23.9 Å². The van der Waals surface area contributed by atoms with Gasteiger partial charge in [0.25, 0.3) is 5.91 Å². The molecule has 1 heterocycles. The normalized spacial score (nSPS) is 10.2. The summed E-state index contributed by atoms with van der Waals surface area (Å²) in [6.45, 7) is 4.15. The molecule has 0 saturated heterocycles. The predicted octanol–water partition coefficient (Wildman–Crippen LogP) is 4.13. The Bertz CT molecular complexity index is 928. The Kier molecular flexibility index (Phi) is 5.34. The highest BCUT2D eigenvalue weighted by Crippen LogP contribution is 2.19. The topological polar surface area (TPSA) is 66.9 Å². The highest BCUT2D eigenvalue weighted by molar-refractivity contribution is 6.03. The molecule has 0 aliphatic heterocycles. The van der Waals surface area contributed by atoms with Gasteiger partial charge in [-0.25, -0.2) is 14.4 Å². The van der Waals surface area contributed by atoms with E-state index in [4.69, 9.17) is 0 Å². The SMILES string of the molecule is C=CCNc1cc(C(=O)Nc2cccc(F)c2)nc(-c2ccccc2)n1. The number of nitrogens with zero attached hydrogens (tertiary/aromatic N) is 2. The van der Waals surface area contributed by atoms with Crippen molar-refractivity contribution in [2.75, 3.05) is 17.2 Å². The minimum Gasteiger partial charge on any atom is -0.366 e. The molecule has 0 radical (unpaired) electrons. The van der Waals surface area contributed by atoms with E-state index in [-0.39, 0.29) is 5.69 Å². The first-order valence-corrected chi connectivity index (χ1v) is 8.02. The van der Waals surface area contributed by atoms with Gasteiger partial charge >= 0.3 is 0 Å². The molecule has 5 nitrogen and oxygen atoms in total. The quantitative estimate of drug-likeness (QED) is 0.657. The summed E-state index contributed by atoms with van der Waals surface area (Å²) >= 11 is 0. The number of carbonyl (C=O) groups is 1. The van der Waals surface area contributed by atoms with Crippen LogP contribution >= 0.6 is 0 Å². The molecule has 0 aliphatic rings. The Balaban J connectivity index is 1.94. The number of aromatic nitrogens is 2. The molecule has 1 aromatic heterocycles. The standard InChI is InChI=1S/C20H17FN4O/c1-2-11-22-18-13-17(20(26)23-16-10-6-9-15(21)12-16)24-19(25-18)14-7-4-3-5-8-14/h2-10,12-13H,1,11H2,(H,23,26)(H,22,24,25). The lowest BCUT2D eigenvalue weighted by Gasteiger charge is -2.10. The zero-order valence-electron chi connectivity index (χ0n) is 13.9. The lowest BCUT2D eigenvalue weighted by atomic mass is 10.2. The van der Waals surface area contributed by atoms with Gasteiger partial charge in [-0.1, -0.05) is 42.5 Å². The number of amides is 1. The largest absolute Gasteiger partial charge is 0.366 e. The van der Waals surface area contributed by atoms with Crippen molar-refractivity contribution in [2.45, 2.75) is 0 Å². The first-order valence-electron chi connectivity index (χ1n) is 8.02. The summed E-state index contributed by atoms with van der Waals surface area (Å²) in [5.41, 5.74) is 1.32. The molecule has 2 aromatic carbocycles. The fraction of sp³-hybridized carbons (Fsp3) is 0.0500. The van der Waals surface area contributed by atoms with Gasteiger partial charge in [0.1, 0.15) is 17.3 Å². The Morgan fingerprint density at radius 2 is 1.88 bits per heavy atom. The van der Waals surface area contributed by atoms with E-state index in [1.54, 1.807) is 18.2 Å². The number of nitrogens with one attached hydrogen (secondary N) is 2. The van der Waals surface area contributed by atoms with Crippen molar-refractivity contribution in [3.05, 3.63) is 84.8 Å². The molecule has 3 aromatic rings. The predicted molar refractivity (Wildman–Crippen MR) is 101 cm³/mol. The molecule has 0 fully saturated rings. The molecular weight excluding hydrogens is 331 g/mol. The maximum Gasteiger partial charge on any atom is 0.274 e. The zero-order valence-corrected chi connectivity index (χ0v) is 13.9. The molecule has 26 heavy (non-hydrogen) atoms. The summed E-state index contributed by atoms with van der Waals surface area (Å²) in [7, 11) is 0. The monoisotopic (exact) mass is 348 g/mol. The fourth-order valence-corrected chi connectivity index (χ4v) is 2.31. The number of benzene rings is 2. The lowest BCUT2D eigenvalue weighted by Crippen LogP contribution is -2.16. The number of hydrogen-bond donors (Lipinski definition) is 2. The molecular formula is C20H17FN4O. The molecule has 0 bridgehead atoms. The van der Waals surface area contributed by atoms with E-state index < -0.39 is 11.7 Å². The molecule has 2 N–H and O–H groups in total. The van der Waals surface area contributed by atoms with E-state index in [1.807, 2.05) is 30.3 Å². The highest BCUT2D eigenvalue weighted by atomic mass is 19.1. The number of halogens is 1. The summed E-state index contributed by atoms with van der Waals surface area (Å²) in [5, 5.41) is 5.71. The van der Waals surface area contributed by atoms with Gasteiger partial charge in [0.05, 0.1) is 0 Å². The van der Waals surface area contributed by atoms with Gasteiger partial charge < -0.3 is 10.6 Å². The van der Waals surface area contributed by atoms with Crippen LogP contribution in [0, 0.1) is 5.82 Å². The smallest absolute Gasteiger partial charge is 0.274 e. The number of rotatable bonds is 6. The summed E-state index contributed by atoms with van der Waals surface area (Å²) in [5.74, 6) is 0.0489. The van der Waals surface area contributed by atoms with Crippen LogP contribution in [-0.4, -0.2) is 22.4 Å². The first-order chi connectivity index (χ1) is 12.7. The zero-order chi connectivity index (χ0) is 18.4. The van der Waals surface area contributed by atoms with Crippen molar-refractivity contribution >= 4 is 17.4 Å². The van der Waals surface area contributed by atoms with Gasteiger partial charge in [-0.05, 0) is 18.2 Å². The van der Waals surface area contributed by atoms with Gasteiger partial charge in [-0.3, -0.25) is 4.79 Å². The van der Waals surface area contributed by atoms with Crippen LogP contribution in [-0.2, 0) is 0 Å². The van der Waals surface area contributed by atoms with Crippen LogP contribution in [0.4, 0.5) is 15.9 Å². The number of carbonyl (C=O) groups excluding carboxylic acids is 1. The molecule has 0 atom stereocenters. The van der Waals surface area contributed by atoms with Gasteiger partial charge in [0.2, 0.25) is 0 Å². The Morgan fingerprint density at radius 1 is 1.08 bits per heavy atom. The third kappa shape index (κ3) is 4.30. The second-order valence-electron chi connectivity index (χ2n) is 5.46. The summed E-state index contributed by atoms with van der Waals surface area (Å²) in [4.78, 5) is 21.3. The van der Waals surface area contributed by atoms with Crippen molar-refractivity contribution in [1.82, 2.24) is 9.97 Å². The van der Waals surface area contributed by atoms with Crippen molar-refractivity contribution in [2.24, 2.45) is 0 Å². The molecule has 0 aliphatic carbocycles. The Labute approximate surface area is 150 Å². The van der Waals surface area contributed by atoms with Gasteiger partial charge in [0.15, 0.2) is 5.82 Å². The molecule has 1 amide bonds. The first kappa shape index (κ1) is 17.3. The van der Waals surface area contributed by atoms with Crippen molar-refractivity contribution in [3.63, 3.8) is 0 Å². The van der Waals surface area contributed by atoms with Crippen LogP contribution in [0.1, 0.15) is 10.5 Å². The molecule has 3 rings (SSSR count). The lowest BCUT2D eigenvalue weighted by molar-refractivity contribution is 0.102. The Hall–Kier alpha value is -3.54. The van der Waals surface area contributed by atoms with Crippen molar-refractivity contribution in [3.8, 4) is 11.4 Å². The van der Waals surface area contributed by atoms with E-state index in [2.05, 4.69) is 27.2 Å². The van der Waals surface area contributed by atoms with E-state index in [0.29, 0.717) is 23.9 Å². The van der Waals surface area contributed by atoms with E-state index in [0.717, 1.165) is 5.56 Å². The summed E-state index contributed by atoms with van der Waals surface area (Å²) in [6.07, 6.45) is 1.69. The minimum absolute atomic E-state index is 0.176. The number of anilines is 2. The number of hydrogen-bond acceptors (Lipinski definition) is 4. The van der Waals surface area contributed by atoms with Crippen molar-refractivity contribution in [1.29, 1.82) is 0 Å². The van der Waals surface area contributed by atoms with Crippen LogP contribution in [0.5, 0.6) is 0 Å². The maximum absolute atomic E-state index is 13.3. The molecule has 0 spiro atoms. The van der Waals surface area contributed by atoms with E-state index in [9.17, 15) is 9.18 Å². The summed E-state index contributed by atoms with van der Waals surface area (Å²) < 4.78 is 13.3. The van der Waals surface area contributed by atoms with Crippen LogP contribution in [0.3, 0.4) is 0 Å². The van der Waals surface area contributed by atoms with Gasteiger partial charge in [-0.2, -0.15) is 0 Å². The van der Waals surface area contributed by atoms with Gasteiger partial charge in [-0.15, -0.1) is 6.58 Å². The van der Waals surface area contributed by atoms with Crippen LogP contribution in [0.25, 0.3) is 11.4 Å². The average Bonchev–Trinajstić information content (AvgIpc) is 2.67. The molecule has 0 saturated carbocycles. The highest BCUT2D eigenvalue weighted by Gasteiger charge is 2.13. The van der Waals surface area contributed by atoms with E-state index >= 15 is 0 Å². The molecule has 6 heteroatoms. The van der Waals surface area contributed by atoms with Crippen LogP contribution in [0.15, 0.2) is 73.3 Å². The van der Waals surface area contributed by atoms with E-state index in [1.165, 1.54) is 18.2 Å². The van der Waals surface area contributed by atoms with Crippen LogP contribution in [0.2, 0.25) is 0 Å². The third-order valence-electron chi connectivity index (χ3n) is 3.50. The Morgan fingerprint density at radius 3 is 2.62 bits per heavy atom. The average molecular weight is 348 g/mol.